The number of hydrogen-bond acceptors (Lipinski definition) is 2. The molecule has 0 saturated carbocycles. The Bertz CT molecular complexity index is 362. The highest BCUT2D eigenvalue weighted by Gasteiger charge is 2.21. The van der Waals surface area contributed by atoms with E-state index in [1.165, 1.54) is 0 Å². The maximum absolute atomic E-state index is 11.3. The van der Waals surface area contributed by atoms with Crippen molar-refractivity contribution in [2.75, 3.05) is 11.9 Å². The average Bonchev–Trinajstić information content (AvgIpc) is 2.12. The van der Waals surface area contributed by atoms with E-state index in [0.717, 1.165) is 16.8 Å². The van der Waals surface area contributed by atoms with E-state index in [-0.39, 0.29) is 6.03 Å². The predicted molar refractivity (Wildman–Crippen MR) is 49.6 cm³/mol. The second-order valence-electron chi connectivity index (χ2n) is 3.18. The molecule has 0 atom stereocenters. The molecular weight excluding hydrogens is 166 g/mol. The molecule has 1 aromatic rings. The van der Waals surface area contributed by atoms with E-state index < -0.39 is 0 Å². The molecule has 0 fully saturated rings. The quantitative estimate of drug-likeness (QED) is 0.643. The molecule has 1 aromatic heterocycles. The van der Waals surface area contributed by atoms with Crippen LogP contribution in [0.5, 0.6) is 0 Å². The normalized spacial score (nSPS) is 15.2. The number of amides is 2. The molecule has 1 aliphatic rings. The Hall–Kier alpha value is -1.58. The van der Waals surface area contributed by atoms with Crippen LogP contribution in [0.2, 0.25) is 0 Å². The number of carbonyl (C=O) groups excluding carboxylic acids is 1. The van der Waals surface area contributed by atoms with Gasteiger partial charge in [-0.2, -0.15) is 0 Å². The summed E-state index contributed by atoms with van der Waals surface area (Å²) in [7, 11) is 1.76. The number of anilines is 1. The Kier molecular flexibility index (Phi) is 1.69. The van der Waals surface area contributed by atoms with Crippen LogP contribution >= 0.6 is 0 Å². The first kappa shape index (κ1) is 8.04. The molecule has 2 amide bonds. The minimum absolute atomic E-state index is 0.0539. The van der Waals surface area contributed by atoms with Gasteiger partial charge in [0.25, 0.3) is 0 Å². The monoisotopic (exact) mass is 177 g/mol. The Balaban J connectivity index is 2.57. The Morgan fingerprint density at radius 1 is 1.54 bits per heavy atom. The standard InChI is InChI=1S/C9H11N3O/c1-6-3-10-4-7-5-11-9(13)12(2)8(6)7/h3-4H,5H2,1-2H3,(H,11,13). The van der Waals surface area contributed by atoms with Crippen LogP contribution in [0.1, 0.15) is 11.1 Å². The Morgan fingerprint density at radius 3 is 3.08 bits per heavy atom. The Morgan fingerprint density at radius 2 is 2.31 bits per heavy atom. The third-order valence-electron chi connectivity index (χ3n) is 2.25. The molecular formula is C9H11N3O. The number of pyridine rings is 1. The molecule has 0 unspecified atom stereocenters. The number of fused-ring (bicyclic) bond motifs is 1. The molecule has 13 heavy (non-hydrogen) atoms. The van der Waals surface area contributed by atoms with Gasteiger partial charge in [-0.1, -0.05) is 0 Å². The van der Waals surface area contributed by atoms with Crippen molar-refractivity contribution in [2.24, 2.45) is 0 Å². The number of aromatic nitrogens is 1. The highest BCUT2D eigenvalue weighted by Crippen LogP contribution is 2.25. The summed E-state index contributed by atoms with van der Waals surface area (Å²) in [6, 6.07) is -0.0539. The van der Waals surface area contributed by atoms with Gasteiger partial charge in [-0.05, 0) is 12.5 Å². The minimum atomic E-state index is -0.0539. The van der Waals surface area contributed by atoms with Gasteiger partial charge in [0.15, 0.2) is 0 Å². The Labute approximate surface area is 76.6 Å². The van der Waals surface area contributed by atoms with Gasteiger partial charge in [-0.25, -0.2) is 4.79 Å². The lowest BCUT2D eigenvalue weighted by Gasteiger charge is -2.27. The number of nitrogens with one attached hydrogen (secondary N) is 1. The number of rotatable bonds is 0. The number of urea groups is 1. The van der Waals surface area contributed by atoms with Crippen LogP contribution in [-0.4, -0.2) is 18.1 Å². The van der Waals surface area contributed by atoms with Crippen molar-refractivity contribution in [3.05, 3.63) is 23.5 Å². The molecule has 4 heteroatoms. The lowest BCUT2D eigenvalue weighted by atomic mass is 10.1. The highest BCUT2D eigenvalue weighted by molar-refractivity contribution is 5.94. The van der Waals surface area contributed by atoms with E-state index in [2.05, 4.69) is 10.3 Å². The molecule has 2 heterocycles. The summed E-state index contributed by atoms with van der Waals surface area (Å²) in [6.07, 6.45) is 3.56. The van der Waals surface area contributed by atoms with Crippen LogP contribution in [-0.2, 0) is 6.54 Å². The van der Waals surface area contributed by atoms with E-state index in [9.17, 15) is 4.79 Å². The summed E-state index contributed by atoms with van der Waals surface area (Å²) in [6.45, 7) is 2.54. The van der Waals surface area contributed by atoms with Crippen molar-refractivity contribution >= 4 is 11.7 Å². The minimum Gasteiger partial charge on any atom is -0.333 e. The van der Waals surface area contributed by atoms with Gasteiger partial charge in [0.1, 0.15) is 0 Å². The fourth-order valence-electron chi connectivity index (χ4n) is 1.61. The largest absolute Gasteiger partial charge is 0.333 e. The summed E-state index contributed by atoms with van der Waals surface area (Å²) in [5, 5.41) is 2.76. The van der Waals surface area contributed by atoms with Gasteiger partial charge in [-0.3, -0.25) is 9.88 Å². The lowest BCUT2D eigenvalue weighted by Crippen LogP contribution is -2.42. The summed E-state index contributed by atoms with van der Waals surface area (Å²) in [5.74, 6) is 0. The van der Waals surface area contributed by atoms with Crippen molar-refractivity contribution in [1.29, 1.82) is 0 Å². The molecule has 0 radical (unpaired) electrons. The summed E-state index contributed by atoms with van der Waals surface area (Å²) < 4.78 is 0. The third-order valence-corrected chi connectivity index (χ3v) is 2.25. The van der Waals surface area contributed by atoms with Gasteiger partial charge < -0.3 is 5.32 Å². The van der Waals surface area contributed by atoms with E-state index >= 15 is 0 Å². The van der Waals surface area contributed by atoms with Crippen molar-refractivity contribution < 1.29 is 4.79 Å². The molecule has 0 saturated heterocycles. The van der Waals surface area contributed by atoms with Crippen LogP contribution in [0.15, 0.2) is 12.4 Å². The first-order valence-corrected chi connectivity index (χ1v) is 4.15. The van der Waals surface area contributed by atoms with Crippen molar-refractivity contribution in [3.63, 3.8) is 0 Å². The molecule has 68 valence electrons. The first-order chi connectivity index (χ1) is 6.20. The average molecular weight is 177 g/mol. The number of carbonyl (C=O) groups is 1. The maximum Gasteiger partial charge on any atom is 0.321 e. The van der Waals surface area contributed by atoms with Crippen LogP contribution in [0, 0.1) is 6.92 Å². The molecule has 1 aliphatic heterocycles. The second-order valence-corrected chi connectivity index (χ2v) is 3.18. The molecule has 0 bridgehead atoms. The van der Waals surface area contributed by atoms with Gasteiger partial charge in [0, 0.05) is 31.5 Å². The highest BCUT2D eigenvalue weighted by atomic mass is 16.2. The summed E-state index contributed by atoms with van der Waals surface area (Å²) >= 11 is 0. The molecule has 0 aromatic carbocycles. The predicted octanol–water partition coefficient (Wildman–Crippen LogP) is 1.05. The lowest BCUT2D eigenvalue weighted by molar-refractivity contribution is 0.246. The number of hydrogen-bond donors (Lipinski definition) is 1. The fraction of sp³-hybridized carbons (Fsp3) is 0.333. The maximum atomic E-state index is 11.3. The van der Waals surface area contributed by atoms with Gasteiger partial charge in [-0.15, -0.1) is 0 Å². The smallest absolute Gasteiger partial charge is 0.321 e. The SMILES string of the molecule is Cc1cncc2c1N(C)C(=O)NC2. The van der Waals surface area contributed by atoms with Gasteiger partial charge in [0.05, 0.1) is 5.69 Å². The zero-order valence-electron chi connectivity index (χ0n) is 7.66. The van der Waals surface area contributed by atoms with Gasteiger partial charge in [0.2, 0.25) is 0 Å². The molecule has 4 nitrogen and oxygen atoms in total. The van der Waals surface area contributed by atoms with Crippen molar-refractivity contribution in [3.8, 4) is 0 Å². The molecule has 0 aliphatic carbocycles. The van der Waals surface area contributed by atoms with E-state index in [0.29, 0.717) is 6.54 Å². The van der Waals surface area contributed by atoms with E-state index in [1.807, 2.05) is 6.92 Å². The van der Waals surface area contributed by atoms with Gasteiger partial charge >= 0.3 is 6.03 Å². The topological polar surface area (TPSA) is 45.2 Å². The van der Waals surface area contributed by atoms with Crippen LogP contribution in [0.25, 0.3) is 0 Å². The third kappa shape index (κ3) is 1.14. The van der Waals surface area contributed by atoms with Crippen molar-refractivity contribution in [1.82, 2.24) is 10.3 Å². The van der Waals surface area contributed by atoms with E-state index in [1.54, 1.807) is 24.3 Å². The molecule has 0 spiro atoms. The number of aryl methyl sites for hydroxylation is 1. The molecule has 1 N–H and O–H groups in total. The second kappa shape index (κ2) is 2.73. The zero-order chi connectivity index (χ0) is 9.42. The van der Waals surface area contributed by atoms with Crippen LogP contribution in [0.3, 0.4) is 0 Å². The number of nitrogens with zero attached hydrogens (tertiary/aromatic N) is 2. The van der Waals surface area contributed by atoms with Crippen LogP contribution in [0.4, 0.5) is 10.5 Å². The van der Waals surface area contributed by atoms with Crippen LogP contribution < -0.4 is 10.2 Å². The van der Waals surface area contributed by atoms with E-state index in [4.69, 9.17) is 0 Å². The fourth-order valence-corrected chi connectivity index (χ4v) is 1.61. The summed E-state index contributed by atoms with van der Waals surface area (Å²) in [5.41, 5.74) is 3.09. The first-order valence-electron chi connectivity index (χ1n) is 4.15. The summed E-state index contributed by atoms with van der Waals surface area (Å²) in [4.78, 5) is 17.0. The molecule has 2 rings (SSSR count). The zero-order valence-corrected chi connectivity index (χ0v) is 7.66. The van der Waals surface area contributed by atoms with Crippen molar-refractivity contribution in [2.45, 2.75) is 13.5 Å².